The van der Waals surface area contributed by atoms with E-state index in [4.69, 9.17) is 4.74 Å². The molecule has 0 aliphatic heterocycles. The van der Waals surface area contributed by atoms with Crippen molar-refractivity contribution < 1.29 is 35.3 Å². The topological polar surface area (TPSA) is 69.7 Å². The van der Waals surface area contributed by atoms with E-state index in [0.29, 0.717) is 0 Å². The average Bonchev–Trinajstić information content (AvgIpc) is 2.39. The summed E-state index contributed by atoms with van der Waals surface area (Å²) in [6.07, 6.45) is -4.04. The molecule has 0 N–H and O–H groups in total. The van der Waals surface area contributed by atoms with Gasteiger partial charge in [-0.25, -0.2) is 0 Å². The normalized spacial score (nSPS) is 14.2. The Morgan fingerprint density at radius 3 is 2.28 bits per heavy atom. The number of carbonyl (C=O) groups excluding carboxylic acids is 1. The molecule has 1 aromatic carbocycles. The van der Waals surface area contributed by atoms with Crippen LogP contribution in [0.25, 0.3) is 0 Å². The summed E-state index contributed by atoms with van der Waals surface area (Å²) in [6.45, 7) is 4.49. The van der Waals surface area contributed by atoms with Crippen LogP contribution in [0.1, 0.15) is 44.2 Å². The van der Waals surface area contributed by atoms with Gasteiger partial charge < -0.3 is 4.74 Å². The molecule has 0 bridgehead atoms. The number of hydrogen-bond donors (Lipinski definition) is 0. The molecule has 0 fully saturated rings. The van der Waals surface area contributed by atoms with Crippen molar-refractivity contribution in [2.75, 3.05) is 12.9 Å². The summed E-state index contributed by atoms with van der Waals surface area (Å²) in [4.78, 5) is 12.0. The molecular weight excluding hydrogens is 361 g/mol. The van der Waals surface area contributed by atoms with Crippen LogP contribution in [-0.4, -0.2) is 32.9 Å². The van der Waals surface area contributed by atoms with Crippen molar-refractivity contribution >= 4 is 16.1 Å². The van der Waals surface area contributed by atoms with Crippen molar-refractivity contribution in [1.82, 2.24) is 0 Å². The molecule has 0 aliphatic carbocycles. The highest BCUT2D eigenvalue weighted by Gasteiger charge is 2.31. The monoisotopic (exact) mass is 382 g/mol. The summed E-state index contributed by atoms with van der Waals surface area (Å²) in [5.74, 6) is -1.56. The predicted molar refractivity (Wildman–Crippen MR) is 85.4 cm³/mol. The molecule has 0 saturated heterocycles. The van der Waals surface area contributed by atoms with Crippen molar-refractivity contribution in [2.24, 2.45) is 0 Å². The molecule has 0 aliphatic rings. The molecular formula is C16H21F3O5S. The number of hydrogen-bond acceptors (Lipinski definition) is 5. The zero-order chi connectivity index (χ0) is 19.5. The molecule has 0 amide bonds. The second kappa shape index (κ2) is 7.74. The van der Waals surface area contributed by atoms with Crippen molar-refractivity contribution in [3.8, 4) is 0 Å². The first kappa shape index (κ1) is 21.4. The maximum Gasteiger partial charge on any atom is 0.416 e. The Hall–Kier alpha value is -1.61. The first-order chi connectivity index (χ1) is 11.2. The van der Waals surface area contributed by atoms with E-state index in [1.54, 1.807) is 20.8 Å². The minimum absolute atomic E-state index is 0.143. The van der Waals surface area contributed by atoms with Gasteiger partial charge in [-0.3, -0.25) is 8.98 Å². The number of halogens is 3. The zero-order valence-corrected chi connectivity index (χ0v) is 15.2. The molecule has 0 radical (unpaired) electrons. The molecule has 0 spiro atoms. The van der Waals surface area contributed by atoms with Crippen LogP contribution in [0.15, 0.2) is 24.3 Å². The van der Waals surface area contributed by atoms with E-state index in [1.165, 1.54) is 12.1 Å². The van der Waals surface area contributed by atoms with Crippen molar-refractivity contribution in [1.29, 1.82) is 0 Å². The van der Waals surface area contributed by atoms with Gasteiger partial charge in [-0.15, -0.1) is 0 Å². The summed E-state index contributed by atoms with van der Waals surface area (Å²) < 4.78 is 70.8. The first-order valence-electron chi connectivity index (χ1n) is 7.41. The average molecular weight is 382 g/mol. The van der Waals surface area contributed by atoms with Crippen LogP contribution < -0.4 is 0 Å². The molecule has 25 heavy (non-hydrogen) atoms. The van der Waals surface area contributed by atoms with Crippen LogP contribution >= 0.6 is 0 Å². The lowest BCUT2D eigenvalue weighted by Gasteiger charge is -2.22. The lowest BCUT2D eigenvalue weighted by Crippen LogP contribution is -2.26. The van der Waals surface area contributed by atoms with Crippen molar-refractivity contribution in [3.63, 3.8) is 0 Å². The number of esters is 1. The van der Waals surface area contributed by atoms with Crippen LogP contribution in [0, 0.1) is 0 Å². The molecule has 142 valence electrons. The molecule has 1 atom stereocenters. The number of rotatable bonds is 6. The maximum atomic E-state index is 12.9. The SMILES string of the molecule is CC(C)(C)OC(=O)CC(COS(C)(=O)=O)c1cccc(C(F)(F)F)c1. The Balaban J connectivity index is 3.08. The lowest BCUT2D eigenvalue weighted by molar-refractivity contribution is -0.155. The van der Waals surface area contributed by atoms with Crippen molar-refractivity contribution in [2.45, 2.75) is 44.9 Å². The van der Waals surface area contributed by atoms with Gasteiger partial charge in [0.2, 0.25) is 0 Å². The van der Waals surface area contributed by atoms with Gasteiger partial charge in [0.25, 0.3) is 10.1 Å². The van der Waals surface area contributed by atoms with Crippen LogP contribution in [0.2, 0.25) is 0 Å². The Labute approximate surface area is 145 Å². The van der Waals surface area contributed by atoms with Gasteiger partial charge >= 0.3 is 12.1 Å². The van der Waals surface area contributed by atoms with Crippen molar-refractivity contribution in [3.05, 3.63) is 35.4 Å². The van der Waals surface area contributed by atoms with E-state index in [-0.39, 0.29) is 12.0 Å². The second-order valence-electron chi connectivity index (χ2n) is 6.60. The minimum Gasteiger partial charge on any atom is -0.460 e. The standard InChI is InChI=1S/C16H21F3O5S/c1-15(2,3)24-14(20)9-12(10-23-25(4,21)22)11-6-5-7-13(8-11)16(17,18)19/h5-8,12H,9-10H2,1-4H3. The van der Waals surface area contributed by atoms with Gasteiger partial charge in [-0.05, 0) is 32.4 Å². The molecule has 0 heterocycles. The second-order valence-corrected chi connectivity index (χ2v) is 8.24. The molecule has 0 aromatic heterocycles. The van der Waals surface area contributed by atoms with Gasteiger partial charge in [0.15, 0.2) is 0 Å². The summed E-state index contributed by atoms with van der Waals surface area (Å²) in [5, 5.41) is 0. The van der Waals surface area contributed by atoms with Crippen LogP contribution in [0.3, 0.4) is 0 Å². The molecule has 1 rings (SSSR count). The Morgan fingerprint density at radius 2 is 1.80 bits per heavy atom. The summed E-state index contributed by atoms with van der Waals surface area (Å²) in [6, 6.07) is 4.35. The first-order valence-corrected chi connectivity index (χ1v) is 9.22. The fraction of sp³-hybridized carbons (Fsp3) is 0.562. The Kier molecular flexibility index (Phi) is 6.63. The van der Waals surface area contributed by atoms with E-state index < -0.39 is 46.0 Å². The van der Waals surface area contributed by atoms with Gasteiger partial charge in [-0.1, -0.05) is 18.2 Å². The predicted octanol–water partition coefficient (Wildman–Crippen LogP) is 3.50. The third kappa shape index (κ3) is 8.35. The Morgan fingerprint density at radius 1 is 1.20 bits per heavy atom. The number of alkyl halides is 3. The molecule has 5 nitrogen and oxygen atoms in total. The van der Waals surface area contributed by atoms with E-state index in [9.17, 15) is 26.4 Å². The molecule has 9 heteroatoms. The number of ether oxygens (including phenoxy) is 1. The van der Waals surface area contributed by atoms with E-state index in [0.717, 1.165) is 18.4 Å². The quantitative estimate of drug-likeness (QED) is 0.556. The van der Waals surface area contributed by atoms with Gasteiger partial charge in [-0.2, -0.15) is 21.6 Å². The highest BCUT2D eigenvalue weighted by Crippen LogP contribution is 2.32. The summed E-state index contributed by atoms with van der Waals surface area (Å²) in [5.41, 5.74) is -1.52. The van der Waals surface area contributed by atoms with Gasteiger partial charge in [0.1, 0.15) is 5.60 Å². The fourth-order valence-electron chi connectivity index (χ4n) is 2.03. The van der Waals surface area contributed by atoms with E-state index >= 15 is 0 Å². The zero-order valence-electron chi connectivity index (χ0n) is 14.4. The lowest BCUT2D eigenvalue weighted by atomic mass is 9.95. The highest BCUT2D eigenvalue weighted by molar-refractivity contribution is 7.85. The largest absolute Gasteiger partial charge is 0.460 e. The molecule has 0 saturated carbocycles. The minimum atomic E-state index is -4.55. The van der Waals surface area contributed by atoms with E-state index in [2.05, 4.69) is 4.18 Å². The number of benzene rings is 1. The van der Waals surface area contributed by atoms with Gasteiger partial charge in [0.05, 0.1) is 24.8 Å². The fourth-order valence-corrected chi connectivity index (χ4v) is 2.44. The van der Waals surface area contributed by atoms with Crippen LogP contribution in [0.4, 0.5) is 13.2 Å². The smallest absolute Gasteiger partial charge is 0.416 e. The Bertz CT molecular complexity index is 705. The van der Waals surface area contributed by atoms with E-state index in [1.807, 2.05) is 0 Å². The van der Waals surface area contributed by atoms with Crippen LogP contribution in [0.5, 0.6) is 0 Å². The van der Waals surface area contributed by atoms with Crippen LogP contribution in [-0.2, 0) is 30.0 Å². The molecule has 1 unspecified atom stereocenters. The highest BCUT2D eigenvalue weighted by atomic mass is 32.2. The third-order valence-corrected chi connectivity index (χ3v) is 3.57. The number of carbonyl (C=O) groups is 1. The maximum absolute atomic E-state index is 12.9. The van der Waals surface area contributed by atoms with Gasteiger partial charge in [0, 0.05) is 5.92 Å². The third-order valence-electron chi connectivity index (χ3n) is 3.00. The molecule has 1 aromatic rings. The summed E-state index contributed by atoms with van der Waals surface area (Å²) in [7, 11) is -3.81. The summed E-state index contributed by atoms with van der Waals surface area (Å²) >= 11 is 0.